The van der Waals surface area contributed by atoms with Crippen LogP contribution in [0.5, 0.6) is 0 Å². The number of carbonyl (C=O) groups excluding carboxylic acids is 1. The van der Waals surface area contributed by atoms with Crippen molar-refractivity contribution < 1.29 is 19.8 Å². The van der Waals surface area contributed by atoms with Gasteiger partial charge in [-0.25, -0.2) is 0 Å². The second-order valence-electron chi connectivity index (χ2n) is 6.47. The van der Waals surface area contributed by atoms with Crippen molar-refractivity contribution in [2.24, 2.45) is 22.3 Å². The predicted molar refractivity (Wildman–Crippen MR) is 86.6 cm³/mol. The number of carboxylic acid groups (broad SMARTS) is 1. The van der Waals surface area contributed by atoms with Crippen molar-refractivity contribution in [3.05, 3.63) is 0 Å². The second kappa shape index (κ2) is 8.71. The average Bonchev–Trinajstić information content (AvgIpc) is 2.80. The van der Waals surface area contributed by atoms with Gasteiger partial charge in [0, 0.05) is 19.5 Å². The highest BCUT2D eigenvalue weighted by molar-refractivity contribution is 5.76. The van der Waals surface area contributed by atoms with E-state index in [1.807, 2.05) is 6.92 Å². The zero-order chi connectivity index (χ0) is 17.5. The summed E-state index contributed by atoms with van der Waals surface area (Å²) in [5.41, 5.74) is -1.14. The molecule has 6 N–H and O–H groups in total. The molecule has 0 saturated heterocycles. The molecule has 0 radical (unpaired) electrons. The van der Waals surface area contributed by atoms with Crippen LogP contribution in [0.15, 0.2) is 5.10 Å². The van der Waals surface area contributed by atoms with E-state index in [0.717, 1.165) is 6.42 Å². The fourth-order valence-electron chi connectivity index (χ4n) is 3.18. The third kappa shape index (κ3) is 5.38. The van der Waals surface area contributed by atoms with Crippen molar-refractivity contribution in [2.75, 3.05) is 6.54 Å². The summed E-state index contributed by atoms with van der Waals surface area (Å²) in [4.78, 5) is 22.6. The van der Waals surface area contributed by atoms with Crippen LogP contribution < -0.4 is 16.5 Å². The van der Waals surface area contributed by atoms with E-state index in [1.54, 1.807) is 0 Å². The average molecular weight is 328 g/mol. The fourth-order valence-corrected chi connectivity index (χ4v) is 3.18. The number of aliphatic hydroxyl groups is 1. The fraction of sp³-hybridized carbons (Fsp3) is 0.800. The van der Waals surface area contributed by atoms with E-state index < -0.39 is 17.5 Å². The van der Waals surface area contributed by atoms with Crippen LogP contribution in [0.25, 0.3) is 0 Å². The number of carboxylic acids is 1. The number of aliphatic hydroxyl groups excluding tert-OH is 1. The quantitative estimate of drug-likeness (QED) is 0.175. The number of hydrazone groups is 1. The maximum atomic E-state index is 11.8. The van der Waals surface area contributed by atoms with Crippen molar-refractivity contribution in [1.29, 1.82) is 0 Å². The molecule has 132 valence electrons. The molecule has 0 aromatic heterocycles. The van der Waals surface area contributed by atoms with E-state index in [9.17, 15) is 19.8 Å². The molecule has 3 unspecified atom stereocenters. The Labute approximate surface area is 136 Å². The molecular formula is C15H28N4O4. The zero-order valence-electron chi connectivity index (χ0n) is 13.8. The number of hydrogen-bond donors (Lipinski definition) is 5. The number of nitrogens with two attached hydrogens (primary N) is 1. The summed E-state index contributed by atoms with van der Waals surface area (Å²) < 4.78 is 0. The lowest BCUT2D eigenvalue weighted by molar-refractivity contribution is -0.155. The molecule has 1 amide bonds. The highest BCUT2D eigenvalue weighted by atomic mass is 16.4. The molecular weight excluding hydrogens is 300 g/mol. The smallest absolute Gasteiger partial charge is 0.312 e. The molecule has 8 heteroatoms. The molecule has 0 aromatic rings. The van der Waals surface area contributed by atoms with Gasteiger partial charge in [-0.15, -0.1) is 0 Å². The van der Waals surface area contributed by atoms with Gasteiger partial charge < -0.3 is 26.7 Å². The van der Waals surface area contributed by atoms with Gasteiger partial charge in [0.15, 0.2) is 0 Å². The molecule has 0 bridgehead atoms. The Bertz CT molecular complexity index is 443. The molecule has 1 rings (SSSR count). The monoisotopic (exact) mass is 328 g/mol. The topological polar surface area (TPSA) is 137 Å². The van der Waals surface area contributed by atoms with Crippen LogP contribution in [-0.4, -0.2) is 47.1 Å². The van der Waals surface area contributed by atoms with Gasteiger partial charge in [0.25, 0.3) is 0 Å². The van der Waals surface area contributed by atoms with Crippen molar-refractivity contribution in [3.63, 3.8) is 0 Å². The lowest BCUT2D eigenvalue weighted by Gasteiger charge is -2.29. The third-order valence-corrected chi connectivity index (χ3v) is 4.66. The van der Waals surface area contributed by atoms with Gasteiger partial charge in [-0.2, -0.15) is 5.10 Å². The number of carbonyl (C=O) groups is 2. The first-order valence-corrected chi connectivity index (χ1v) is 7.95. The lowest BCUT2D eigenvalue weighted by atomic mass is 9.77. The number of rotatable bonds is 9. The normalized spacial score (nSPS) is 28.7. The van der Waals surface area contributed by atoms with Crippen LogP contribution in [-0.2, 0) is 9.59 Å². The number of aliphatic carboxylic acids is 1. The summed E-state index contributed by atoms with van der Waals surface area (Å²) in [7, 11) is 0. The SMILES string of the molecule is CC(=O)NCC[C@@H](C)CCC1(C(=O)O)CC(NC=NN)CC1O. The first kappa shape index (κ1) is 19.2. The Morgan fingerprint density at radius 2 is 2.17 bits per heavy atom. The summed E-state index contributed by atoms with van der Waals surface area (Å²) in [5.74, 6) is 4.27. The molecule has 4 atom stereocenters. The molecule has 1 aliphatic carbocycles. The Morgan fingerprint density at radius 1 is 1.48 bits per heavy atom. The molecule has 0 aromatic carbocycles. The molecule has 23 heavy (non-hydrogen) atoms. The number of nitrogens with zero attached hydrogens (tertiary/aromatic N) is 1. The van der Waals surface area contributed by atoms with E-state index in [-0.39, 0.29) is 17.9 Å². The van der Waals surface area contributed by atoms with Crippen molar-refractivity contribution in [3.8, 4) is 0 Å². The molecule has 1 saturated carbocycles. The molecule has 1 fully saturated rings. The maximum absolute atomic E-state index is 11.8. The molecule has 0 spiro atoms. The number of amides is 1. The van der Waals surface area contributed by atoms with Crippen molar-refractivity contribution >= 4 is 18.2 Å². The van der Waals surface area contributed by atoms with Gasteiger partial charge in [0.1, 0.15) is 6.34 Å². The van der Waals surface area contributed by atoms with Crippen molar-refractivity contribution in [2.45, 2.75) is 58.1 Å². The Morgan fingerprint density at radius 3 is 2.74 bits per heavy atom. The van der Waals surface area contributed by atoms with E-state index in [4.69, 9.17) is 5.84 Å². The first-order chi connectivity index (χ1) is 10.8. The van der Waals surface area contributed by atoms with Crippen LogP contribution in [0, 0.1) is 11.3 Å². The van der Waals surface area contributed by atoms with Crippen molar-refractivity contribution in [1.82, 2.24) is 10.6 Å². The van der Waals surface area contributed by atoms with Gasteiger partial charge in [-0.1, -0.05) is 6.92 Å². The number of hydrogen-bond acceptors (Lipinski definition) is 5. The van der Waals surface area contributed by atoms with Gasteiger partial charge in [-0.3, -0.25) is 9.59 Å². The third-order valence-electron chi connectivity index (χ3n) is 4.66. The molecule has 8 nitrogen and oxygen atoms in total. The molecule has 0 aliphatic heterocycles. The van der Waals surface area contributed by atoms with Gasteiger partial charge >= 0.3 is 5.97 Å². The summed E-state index contributed by atoms with van der Waals surface area (Å²) in [6, 6.07) is -0.150. The van der Waals surface area contributed by atoms with Crippen LogP contribution >= 0.6 is 0 Å². The Hall–Kier alpha value is -1.83. The minimum atomic E-state index is -1.14. The molecule has 0 heterocycles. The standard InChI is InChI=1S/C15H28N4O4/c1-10(4-6-17-11(2)20)3-5-15(14(22)23)8-12(7-13(15)21)18-9-19-16/h9-10,12-13,21H,3-8,16H2,1-2H3,(H,17,20)(H,18,19)(H,22,23)/t10-,12?,13?,15?/m0/s1. The van der Waals surface area contributed by atoms with Gasteiger partial charge in [0.05, 0.1) is 11.5 Å². The number of nitrogens with one attached hydrogen (secondary N) is 2. The summed E-state index contributed by atoms with van der Waals surface area (Å²) in [6.45, 7) is 4.07. The van der Waals surface area contributed by atoms with E-state index >= 15 is 0 Å². The van der Waals surface area contributed by atoms with Gasteiger partial charge in [-0.05, 0) is 38.0 Å². The summed E-state index contributed by atoms with van der Waals surface area (Å²) >= 11 is 0. The first-order valence-electron chi connectivity index (χ1n) is 7.95. The van der Waals surface area contributed by atoms with E-state index in [2.05, 4.69) is 15.7 Å². The highest BCUT2D eigenvalue weighted by Crippen LogP contribution is 2.43. The molecule has 1 aliphatic rings. The largest absolute Gasteiger partial charge is 0.481 e. The van der Waals surface area contributed by atoms with Crippen LogP contribution in [0.2, 0.25) is 0 Å². The summed E-state index contributed by atoms with van der Waals surface area (Å²) in [5, 5.41) is 28.9. The summed E-state index contributed by atoms with van der Waals surface area (Å²) in [6.07, 6.45) is 3.00. The minimum absolute atomic E-state index is 0.0686. The van der Waals surface area contributed by atoms with Crippen LogP contribution in [0.1, 0.15) is 46.0 Å². The van der Waals surface area contributed by atoms with Crippen LogP contribution in [0.3, 0.4) is 0 Å². The second-order valence-corrected chi connectivity index (χ2v) is 6.47. The van der Waals surface area contributed by atoms with Gasteiger partial charge in [0.2, 0.25) is 5.91 Å². The highest BCUT2D eigenvalue weighted by Gasteiger charge is 2.52. The maximum Gasteiger partial charge on any atom is 0.312 e. The minimum Gasteiger partial charge on any atom is -0.481 e. The van der Waals surface area contributed by atoms with E-state index in [1.165, 1.54) is 13.3 Å². The zero-order valence-corrected chi connectivity index (χ0v) is 13.8. The predicted octanol–water partition coefficient (Wildman–Crippen LogP) is 0.0148. The Balaban J connectivity index is 2.57. The van der Waals surface area contributed by atoms with Crippen LogP contribution in [0.4, 0.5) is 0 Å². The Kier molecular flexibility index (Phi) is 7.28. The lowest BCUT2D eigenvalue weighted by Crippen LogP contribution is -2.39. The van der Waals surface area contributed by atoms with E-state index in [0.29, 0.717) is 32.2 Å².